The lowest BCUT2D eigenvalue weighted by Crippen LogP contribution is -2.54. The van der Waals surface area contributed by atoms with Gasteiger partial charge in [0.1, 0.15) is 11.8 Å². The van der Waals surface area contributed by atoms with Crippen LogP contribution in [0.2, 0.25) is 0 Å². The highest BCUT2D eigenvalue weighted by Gasteiger charge is 2.45. The number of rotatable bonds is 8. The Morgan fingerprint density at radius 3 is 2.16 bits per heavy atom. The SMILES string of the molecule is CCc1cc(OC2CCC(N3Cc4cc(N5CCN(CC(=O)N6Cc7cc8c(cc7C6)C(=O)N(C6CCC(=O)NC6=O)C8=O)CC5)ccc4C3=O)CC2)ccc1C#N. The summed E-state index contributed by atoms with van der Waals surface area (Å²) in [5, 5.41) is 11.6. The van der Waals surface area contributed by atoms with Gasteiger partial charge in [0, 0.05) is 69.5 Å². The van der Waals surface area contributed by atoms with Crippen LogP contribution < -0.4 is 15.0 Å². The fraction of sp³-hybridized carbons (Fsp3) is 0.432. The van der Waals surface area contributed by atoms with Gasteiger partial charge < -0.3 is 19.4 Å². The number of hydrogen-bond donors (Lipinski definition) is 1. The van der Waals surface area contributed by atoms with Crippen LogP contribution in [0.25, 0.3) is 0 Å². The predicted molar refractivity (Wildman–Crippen MR) is 210 cm³/mol. The number of piperidine rings is 1. The molecule has 9 rings (SSSR count). The van der Waals surface area contributed by atoms with Gasteiger partial charge in [-0.25, -0.2) is 0 Å². The molecule has 0 bridgehead atoms. The Hall–Kier alpha value is -6.07. The number of carbonyl (C=O) groups is 6. The molecule has 6 aliphatic rings. The maximum Gasteiger partial charge on any atom is 0.262 e. The molecule has 14 heteroatoms. The minimum absolute atomic E-state index is 0.0238. The minimum atomic E-state index is -1.02. The Bertz CT molecular complexity index is 2260. The lowest BCUT2D eigenvalue weighted by atomic mass is 9.91. The quantitative estimate of drug-likeness (QED) is 0.335. The fourth-order valence-electron chi connectivity index (χ4n) is 9.53. The Kier molecular flexibility index (Phi) is 9.71. The second-order valence-electron chi connectivity index (χ2n) is 16.2. The Labute approximate surface area is 336 Å². The van der Waals surface area contributed by atoms with Crippen molar-refractivity contribution in [3.05, 3.63) is 93.0 Å². The van der Waals surface area contributed by atoms with E-state index in [9.17, 15) is 34.0 Å². The minimum Gasteiger partial charge on any atom is -0.490 e. The zero-order valence-electron chi connectivity index (χ0n) is 32.5. The fourth-order valence-corrected chi connectivity index (χ4v) is 9.53. The van der Waals surface area contributed by atoms with E-state index in [2.05, 4.69) is 27.3 Å². The number of amides is 6. The van der Waals surface area contributed by atoms with Gasteiger partial charge in [0.2, 0.25) is 17.7 Å². The molecule has 0 radical (unpaired) electrons. The highest BCUT2D eigenvalue weighted by Crippen LogP contribution is 2.36. The zero-order valence-corrected chi connectivity index (χ0v) is 32.5. The molecule has 3 aromatic carbocycles. The van der Waals surface area contributed by atoms with Gasteiger partial charge in [-0.2, -0.15) is 5.26 Å². The van der Waals surface area contributed by atoms with Gasteiger partial charge in [-0.05, 0) is 109 Å². The Morgan fingerprint density at radius 1 is 0.793 bits per heavy atom. The summed E-state index contributed by atoms with van der Waals surface area (Å²) in [6, 6.07) is 16.6. The molecule has 0 spiro atoms. The van der Waals surface area contributed by atoms with Gasteiger partial charge in [-0.3, -0.25) is 43.9 Å². The number of piperazine rings is 1. The topological polar surface area (TPSA) is 164 Å². The predicted octanol–water partition coefficient (Wildman–Crippen LogP) is 3.53. The van der Waals surface area contributed by atoms with Crippen molar-refractivity contribution in [1.29, 1.82) is 5.26 Å². The molecule has 1 N–H and O–H groups in total. The van der Waals surface area contributed by atoms with Crippen molar-refractivity contribution in [3.8, 4) is 11.8 Å². The van der Waals surface area contributed by atoms with E-state index in [1.807, 2.05) is 42.2 Å². The van der Waals surface area contributed by atoms with Gasteiger partial charge in [0.15, 0.2) is 0 Å². The summed E-state index contributed by atoms with van der Waals surface area (Å²) in [5.41, 5.74) is 6.64. The van der Waals surface area contributed by atoms with Crippen molar-refractivity contribution in [1.82, 2.24) is 24.9 Å². The highest BCUT2D eigenvalue weighted by atomic mass is 16.5. The number of benzene rings is 3. The first-order valence-electron chi connectivity index (χ1n) is 20.3. The number of nitrogens with zero attached hydrogens (tertiary/aromatic N) is 6. The van der Waals surface area contributed by atoms with Crippen LogP contribution in [-0.4, -0.2) is 106 Å². The van der Waals surface area contributed by atoms with Crippen LogP contribution >= 0.6 is 0 Å². The average Bonchev–Trinajstić information content (AvgIpc) is 3.88. The largest absolute Gasteiger partial charge is 0.490 e. The molecule has 3 aromatic rings. The molecule has 5 aliphatic heterocycles. The molecule has 1 saturated carbocycles. The van der Waals surface area contributed by atoms with Crippen LogP contribution in [0, 0.1) is 11.3 Å². The van der Waals surface area contributed by atoms with E-state index in [4.69, 9.17) is 4.74 Å². The van der Waals surface area contributed by atoms with E-state index >= 15 is 0 Å². The second-order valence-corrected chi connectivity index (χ2v) is 16.2. The summed E-state index contributed by atoms with van der Waals surface area (Å²) in [7, 11) is 0. The lowest BCUT2D eigenvalue weighted by Gasteiger charge is -2.36. The number of fused-ring (bicyclic) bond motifs is 3. The molecule has 58 heavy (non-hydrogen) atoms. The van der Waals surface area contributed by atoms with Gasteiger partial charge in [0.05, 0.1) is 35.4 Å². The Morgan fingerprint density at radius 2 is 1.50 bits per heavy atom. The van der Waals surface area contributed by atoms with E-state index in [0.29, 0.717) is 38.3 Å². The van der Waals surface area contributed by atoms with E-state index in [-0.39, 0.29) is 54.5 Å². The summed E-state index contributed by atoms with van der Waals surface area (Å²) < 4.78 is 6.31. The molecular weight excluding hydrogens is 739 g/mol. The molecule has 298 valence electrons. The van der Waals surface area contributed by atoms with Crippen LogP contribution in [0.4, 0.5) is 5.69 Å². The second kappa shape index (κ2) is 15.0. The van der Waals surface area contributed by atoms with E-state index < -0.39 is 29.7 Å². The number of ether oxygens (including phenoxy) is 1. The Balaban J connectivity index is 0.752. The van der Waals surface area contributed by atoms with Gasteiger partial charge in [-0.1, -0.05) is 6.92 Å². The lowest BCUT2D eigenvalue weighted by molar-refractivity contribution is -0.136. The molecule has 1 aliphatic carbocycles. The standard InChI is InChI=1S/C44H45N7O7/c1-2-26-18-34(7-3-27(26)21-45)58-33-8-4-31(5-9-33)50-24-30-17-32(6-10-35(30)42(50)55)48-15-13-47(14-16-48)25-40(53)49-22-28-19-36-37(20-29(28)23-49)44(57)51(43(36)56)38-11-12-39(52)46-41(38)54/h3,6-7,10,17-20,31,33,38H,2,4-5,8-9,11-16,22-25H2,1H3,(H,46,52,54). The third-order valence-electron chi connectivity index (χ3n) is 12.8. The molecule has 5 heterocycles. The first kappa shape index (κ1) is 37.5. The van der Waals surface area contributed by atoms with Crippen molar-refractivity contribution in [2.45, 2.75) is 89.7 Å². The smallest absolute Gasteiger partial charge is 0.262 e. The van der Waals surface area contributed by atoms with Crippen molar-refractivity contribution in [2.24, 2.45) is 0 Å². The monoisotopic (exact) mass is 783 g/mol. The van der Waals surface area contributed by atoms with Crippen molar-refractivity contribution < 1.29 is 33.5 Å². The number of nitriles is 1. The molecule has 0 aromatic heterocycles. The molecule has 1 atom stereocenters. The van der Waals surface area contributed by atoms with Crippen molar-refractivity contribution >= 4 is 41.1 Å². The van der Waals surface area contributed by atoms with Crippen LogP contribution in [0.1, 0.15) is 104 Å². The van der Waals surface area contributed by atoms with Crippen molar-refractivity contribution in [3.63, 3.8) is 0 Å². The van der Waals surface area contributed by atoms with Crippen LogP contribution in [0.5, 0.6) is 5.75 Å². The van der Waals surface area contributed by atoms with Crippen LogP contribution in [0.15, 0.2) is 48.5 Å². The normalized spacial score (nSPS) is 23.2. The molecule has 14 nitrogen and oxygen atoms in total. The van der Waals surface area contributed by atoms with Gasteiger partial charge in [0.25, 0.3) is 17.7 Å². The highest BCUT2D eigenvalue weighted by molar-refractivity contribution is 6.23. The molecule has 3 fully saturated rings. The molecule has 1 unspecified atom stereocenters. The van der Waals surface area contributed by atoms with Crippen LogP contribution in [0.3, 0.4) is 0 Å². The zero-order chi connectivity index (χ0) is 40.2. The maximum atomic E-state index is 13.5. The molecular formula is C44H45N7O7. The van der Waals surface area contributed by atoms with E-state index in [1.165, 1.54) is 0 Å². The summed E-state index contributed by atoms with van der Waals surface area (Å²) in [4.78, 5) is 86.9. The summed E-state index contributed by atoms with van der Waals surface area (Å²) in [6.07, 6.45) is 4.51. The number of carbonyl (C=O) groups excluding carboxylic acids is 6. The van der Waals surface area contributed by atoms with Crippen LogP contribution in [-0.2, 0) is 40.4 Å². The third kappa shape index (κ3) is 6.76. The number of imide groups is 2. The first-order valence-corrected chi connectivity index (χ1v) is 20.3. The van der Waals surface area contributed by atoms with Gasteiger partial charge in [-0.15, -0.1) is 0 Å². The third-order valence-corrected chi connectivity index (χ3v) is 12.8. The van der Waals surface area contributed by atoms with Gasteiger partial charge >= 0.3 is 0 Å². The molecule has 6 amide bonds. The maximum absolute atomic E-state index is 13.5. The number of nitrogens with one attached hydrogen (secondary N) is 1. The van der Waals surface area contributed by atoms with E-state index in [0.717, 1.165) is 89.3 Å². The number of aryl methyl sites for hydroxylation is 1. The average molecular weight is 784 g/mol. The number of hydrogen-bond acceptors (Lipinski definition) is 10. The summed E-state index contributed by atoms with van der Waals surface area (Å²) in [5.74, 6) is -1.30. The first-order chi connectivity index (χ1) is 28.1. The van der Waals surface area contributed by atoms with E-state index in [1.54, 1.807) is 17.0 Å². The summed E-state index contributed by atoms with van der Waals surface area (Å²) >= 11 is 0. The van der Waals surface area contributed by atoms with Crippen molar-refractivity contribution in [2.75, 3.05) is 37.6 Å². The summed E-state index contributed by atoms with van der Waals surface area (Å²) in [6.45, 7) is 6.46. The molecule has 2 saturated heterocycles. The number of anilines is 1.